The van der Waals surface area contributed by atoms with Crippen LogP contribution in [0, 0.1) is 5.92 Å². The fourth-order valence-electron chi connectivity index (χ4n) is 3.22. The Morgan fingerprint density at radius 2 is 2.33 bits per heavy atom. The Hall–Kier alpha value is -1.20. The van der Waals surface area contributed by atoms with Gasteiger partial charge in [0.2, 0.25) is 0 Å². The van der Waals surface area contributed by atoms with Crippen molar-refractivity contribution in [1.82, 2.24) is 15.3 Å². The van der Waals surface area contributed by atoms with Crippen LogP contribution >= 0.6 is 11.3 Å². The maximum Gasteiger partial charge on any atom is 0.150 e. The van der Waals surface area contributed by atoms with Gasteiger partial charge in [0.1, 0.15) is 12.1 Å². The molecule has 4 heterocycles. The molecule has 2 aromatic heterocycles. The first-order valence-corrected chi connectivity index (χ1v) is 7.46. The van der Waals surface area contributed by atoms with E-state index in [1.807, 2.05) is 0 Å². The van der Waals surface area contributed by atoms with Gasteiger partial charge in [0.05, 0.1) is 10.2 Å². The predicted molar refractivity (Wildman–Crippen MR) is 74.1 cm³/mol. The molecule has 1 N–H and O–H groups in total. The smallest absolute Gasteiger partial charge is 0.150 e. The molecule has 4 rings (SSSR count). The zero-order chi connectivity index (χ0) is 11.9. The lowest BCUT2D eigenvalue weighted by Gasteiger charge is -2.24. The second-order valence-electron chi connectivity index (χ2n) is 5.20. The minimum absolute atomic E-state index is 0.656. The third-order valence-electron chi connectivity index (χ3n) is 4.12. The minimum atomic E-state index is 0.656. The van der Waals surface area contributed by atoms with Gasteiger partial charge in [-0.15, -0.1) is 11.3 Å². The number of piperidine rings is 1. The van der Waals surface area contributed by atoms with E-state index in [0.29, 0.717) is 6.04 Å². The molecule has 0 saturated carbocycles. The largest absolute Gasteiger partial charge is 0.353 e. The summed E-state index contributed by atoms with van der Waals surface area (Å²) in [4.78, 5) is 11.3. The van der Waals surface area contributed by atoms with E-state index in [0.717, 1.165) is 30.3 Å². The Morgan fingerprint density at radius 1 is 1.33 bits per heavy atom. The third-order valence-corrected chi connectivity index (χ3v) is 5.02. The first-order valence-electron chi connectivity index (χ1n) is 6.58. The van der Waals surface area contributed by atoms with Crippen LogP contribution in [0.25, 0.3) is 10.2 Å². The van der Waals surface area contributed by atoms with Crippen LogP contribution in [0.15, 0.2) is 17.8 Å². The van der Waals surface area contributed by atoms with Crippen molar-refractivity contribution in [3.8, 4) is 0 Å². The molecule has 2 atom stereocenters. The maximum absolute atomic E-state index is 4.52. The third kappa shape index (κ3) is 1.61. The van der Waals surface area contributed by atoms with Crippen LogP contribution in [0.2, 0.25) is 0 Å². The highest BCUT2D eigenvalue weighted by molar-refractivity contribution is 7.17. The van der Waals surface area contributed by atoms with E-state index in [1.165, 1.54) is 24.1 Å². The van der Waals surface area contributed by atoms with Crippen molar-refractivity contribution in [3.63, 3.8) is 0 Å². The molecule has 5 heteroatoms. The van der Waals surface area contributed by atoms with Crippen molar-refractivity contribution >= 4 is 27.4 Å². The van der Waals surface area contributed by atoms with Gasteiger partial charge in [-0.05, 0) is 36.8 Å². The standard InChI is InChI=1S/C13H16N4S/c1-2-9-6-17(7-11(9)14-4-1)13-12-10(3-5-18-12)15-8-16-13/h3,5,8-9,11,14H,1-2,4,6-7H2/t9-,11+/m0/s1. The second kappa shape index (κ2) is 4.17. The molecule has 2 aliphatic heterocycles. The number of hydrogen-bond acceptors (Lipinski definition) is 5. The molecule has 0 amide bonds. The van der Waals surface area contributed by atoms with Gasteiger partial charge in [0.25, 0.3) is 0 Å². The van der Waals surface area contributed by atoms with Crippen molar-refractivity contribution in [2.24, 2.45) is 5.92 Å². The topological polar surface area (TPSA) is 41.1 Å². The number of aromatic nitrogens is 2. The van der Waals surface area contributed by atoms with E-state index in [1.54, 1.807) is 17.7 Å². The lowest BCUT2D eigenvalue weighted by atomic mass is 9.94. The van der Waals surface area contributed by atoms with Crippen LogP contribution in [0.4, 0.5) is 5.82 Å². The van der Waals surface area contributed by atoms with Gasteiger partial charge in [-0.3, -0.25) is 0 Å². The van der Waals surface area contributed by atoms with Gasteiger partial charge in [0.15, 0.2) is 0 Å². The number of fused-ring (bicyclic) bond motifs is 2. The highest BCUT2D eigenvalue weighted by atomic mass is 32.1. The van der Waals surface area contributed by atoms with Crippen LogP contribution in [0.1, 0.15) is 12.8 Å². The van der Waals surface area contributed by atoms with Crippen LogP contribution < -0.4 is 10.2 Å². The summed E-state index contributed by atoms with van der Waals surface area (Å²) in [5.41, 5.74) is 1.08. The highest BCUT2D eigenvalue weighted by Gasteiger charge is 2.35. The van der Waals surface area contributed by atoms with E-state index in [2.05, 4.69) is 31.6 Å². The van der Waals surface area contributed by atoms with E-state index >= 15 is 0 Å². The van der Waals surface area contributed by atoms with E-state index < -0.39 is 0 Å². The van der Waals surface area contributed by atoms with Gasteiger partial charge in [-0.1, -0.05) is 0 Å². The lowest BCUT2D eigenvalue weighted by Crippen LogP contribution is -2.40. The number of thiophene rings is 1. The van der Waals surface area contributed by atoms with Gasteiger partial charge in [-0.25, -0.2) is 9.97 Å². The molecular weight excluding hydrogens is 244 g/mol. The number of rotatable bonds is 1. The summed E-state index contributed by atoms with van der Waals surface area (Å²) in [5, 5.41) is 5.74. The van der Waals surface area contributed by atoms with E-state index in [-0.39, 0.29) is 0 Å². The first-order chi connectivity index (χ1) is 8.92. The fraction of sp³-hybridized carbons (Fsp3) is 0.538. The summed E-state index contributed by atoms with van der Waals surface area (Å²) in [5.74, 6) is 1.93. The number of anilines is 1. The molecule has 0 aromatic carbocycles. The van der Waals surface area contributed by atoms with Gasteiger partial charge >= 0.3 is 0 Å². The molecule has 2 aliphatic rings. The van der Waals surface area contributed by atoms with Crippen LogP contribution in [0.3, 0.4) is 0 Å². The van der Waals surface area contributed by atoms with E-state index in [4.69, 9.17) is 0 Å². The fourth-order valence-corrected chi connectivity index (χ4v) is 4.08. The van der Waals surface area contributed by atoms with Crippen LogP contribution in [-0.2, 0) is 0 Å². The Balaban J connectivity index is 1.69. The molecule has 0 bridgehead atoms. The zero-order valence-electron chi connectivity index (χ0n) is 10.2. The quantitative estimate of drug-likeness (QED) is 0.850. The molecule has 4 nitrogen and oxygen atoms in total. The molecule has 0 spiro atoms. The average molecular weight is 260 g/mol. The monoisotopic (exact) mass is 260 g/mol. The first kappa shape index (κ1) is 10.7. The van der Waals surface area contributed by atoms with E-state index in [9.17, 15) is 0 Å². The average Bonchev–Trinajstić information content (AvgIpc) is 3.04. The normalized spacial score (nSPS) is 27.7. The molecule has 0 aliphatic carbocycles. The zero-order valence-corrected chi connectivity index (χ0v) is 11.0. The molecule has 94 valence electrons. The summed E-state index contributed by atoms with van der Waals surface area (Å²) in [7, 11) is 0. The lowest BCUT2D eigenvalue weighted by molar-refractivity contribution is 0.340. The predicted octanol–water partition coefficient (Wildman–Crippen LogP) is 1.88. The molecule has 0 unspecified atom stereocenters. The Kier molecular flexibility index (Phi) is 2.48. The second-order valence-corrected chi connectivity index (χ2v) is 6.12. The summed E-state index contributed by atoms with van der Waals surface area (Å²) < 4.78 is 1.23. The van der Waals surface area contributed by atoms with Crippen LogP contribution in [0.5, 0.6) is 0 Å². The molecule has 2 aromatic rings. The summed E-state index contributed by atoms with van der Waals surface area (Å²) >= 11 is 1.75. The molecule has 18 heavy (non-hydrogen) atoms. The summed E-state index contributed by atoms with van der Waals surface area (Å²) in [6.07, 6.45) is 4.36. The van der Waals surface area contributed by atoms with Crippen molar-refractivity contribution in [1.29, 1.82) is 0 Å². The van der Waals surface area contributed by atoms with Crippen molar-refractivity contribution in [2.45, 2.75) is 18.9 Å². The number of nitrogens with zero attached hydrogens (tertiary/aromatic N) is 3. The Morgan fingerprint density at radius 3 is 3.28 bits per heavy atom. The maximum atomic E-state index is 4.52. The van der Waals surface area contributed by atoms with Crippen LogP contribution in [-0.4, -0.2) is 35.6 Å². The minimum Gasteiger partial charge on any atom is -0.353 e. The summed E-state index contributed by atoms with van der Waals surface area (Å²) in [6.45, 7) is 3.41. The van der Waals surface area contributed by atoms with Crippen molar-refractivity contribution in [2.75, 3.05) is 24.5 Å². The van der Waals surface area contributed by atoms with Gasteiger partial charge in [0, 0.05) is 19.1 Å². The SMILES string of the molecule is c1nc(N2C[C@@H]3CCCN[C@@H]3C2)c2sccc2n1. The van der Waals surface area contributed by atoms with Crippen molar-refractivity contribution < 1.29 is 0 Å². The number of nitrogens with one attached hydrogen (secondary N) is 1. The van der Waals surface area contributed by atoms with Gasteiger partial charge in [-0.2, -0.15) is 0 Å². The molecule has 2 saturated heterocycles. The molecular formula is C13H16N4S. The Bertz CT molecular complexity index is 553. The molecule has 0 radical (unpaired) electrons. The van der Waals surface area contributed by atoms with Gasteiger partial charge < -0.3 is 10.2 Å². The highest BCUT2D eigenvalue weighted by Crippen LogP contribution is 2.33. The summed E-state index contributed by atoms with van der Waals surface area (Å²) in [6, 6.07) is 2.73. The van der Waals surface area contributed by atoms with Crippen molar-refractivity contribution in [3.05, 3.63) is 17.8 Å². The molecule has 2 fully saturated rings. The Labute approximate surface area is 110 Å². The number of hydrogen-bond donors (Lipinski definition) is 1.